The highest BCUT2D eigenvalue weighted by atomic mass is 16.2. The summed E-state index contributed by atoms with van der Waals surface area (Å²) >= 11 is 0. The number of benzene rings is 2. The molecule has 0 fully saturated rings. The first kappa shape index (κ1) is 16.7. The summed E-state index contributed by atoms with van der Waals surface area (Å²) in [6, 6.07) is 14.4. The number of hydrogen-bond donors (Lipinski definition) is 3. The summed E-state index contributed by atoms with van der Waals surface area (Å²) in [5.41, 5.74) is 2.38. The number of H-pyrrole nitrogens is 1. The van der Waals surface area contributed by atoms with E-state index in [-0.39, 0.29) is 11.8 Å². The normalized spacial score (nSPS) is 11.9. The molecule has 3 N–H and O–H groups in total. The lowest BCUT2D eigenvalue weighted by Gasteiger charge is -2.17. The molecule has 3 rings (SSSR count). The fourth-order valence-electron chi connectivity index (χ4n) is 2.59. The number of nitrogens with zero attached hydrogens (tertiary/aromatic N) is 1. The molecule has 1 atom stereocenters. The second kappa shape index (κ2) is 7.61. The monoisotopic (exact) mass is 336 g/mol. The maximum Gasteiger partial charge on any atom is 0.251 e. The molecule has 6 nitrogen and oxygen atoms in total. The molecule has 0 aliphatic rings. The van der Waals surface area contributed by atoms with Gasteiger partial charge in [-0.25, -0.2) is 0 Å². The molecule has 0 aliphatic heterocycles. The van der Waals surface area contributed by atoms with Crippen LogP contribution in [0.4, 0.5) is 0 Å². The summed E-state index contributed by atoms with van der Waals surface area (Å²) in [6.07, 6.45) is 2.18. The number of rotatable bonds is 6. The van der Waals surface area contributed by atoms with Gasteiger partial charge in [0, 0.05) is 17.5 Å². The SMILES string of the molecule is CCC(NC(=O)c1ccc2[nH]ncc2c1)C(=O)NCc1ccccc1. The van der Waals surface area contributed by atoms with Gasteiger partial charge in [-0.05, 0) is 30.2 Å². The Kier molecular flexibility index (Phi) is 5.09. The van der Waals surface area contributed by atoms with E-state index in [1.54, 1.807) is 24.4 Å². The van der Waals surface area contributed by atoms with Crippen molar-refractivity contribution in [3.8, 4) is 0 Å². The van der Waals surface area contributed by atoms with Gasteiger partial charge >= 0.3 is 0 Å². The average molecular weight is 336 g/mol. The van der Waals surface area contributed by atoms with E-state index in [0.717, 1.165) is 16.5 Å². The zero-order chi connectivity index (χ0) is 17.6. The van der Waals surface area contributed by atoms with Gasteiger partial charge in [-0.2, -0.15) is 5.10 Å². The highest BCUT2D eigenvalue weighted by Gasteiger charge is 2.19. The molecule has 2 amide bonds. The maximum absolute atomic E-state index is 12.4. The number of carbonyl (C=O) groups excluding carboxylic acids is 2. The van der Waals surface area contributed by atoms with Crippen molar-refractivity contribution in [1.82, 2.24) is 20.8 Å². The fourth-order valence-corrected chi connectivity index (χ4v) is 2.59. The van der Waals surface area contributed by atoms with Gasteiger partial charge in [0.1, 0.15) is 6.04 Å². The fraction of sp³-hybridized carbons (Fsp3) is 0.211. The highest BCUT2D eigenvalue weighted by molar-refractivity contribution is 6.00. The first-order valence-electron chi connectivity index (χ1n) is 8.23. The Balaban J connectivity index is 1.62. The van der Waals surface area contributed by atoms with Gasteiger partial charge in [0.25, 0.3) is 5.91 Å². The molecule has 1 unspecified atom stereocenters. The van der Waals surface area contributed by atoms with Crippen molar-refractivity contribution in [2.75, 3.05) is 0 Å². The second-order valence-electron chi connectivity index (χ2n) is 5.81. The van der Waals surface area contributed by atoms with E-state index in [9.17, 15) is 9.59 Å². The second-order valence-corrected chi connectivity index (χ2v) is 5.81. The molecule has 0 aliphatic carbocycles. The van der Waals surface area contributed by atoms with Crippen LogP contribution in [0.5, 0.6) is 0 Å². The molecule has 0 saturated carbocycles. The molecule has 1 aromatic heterocycles. The summed E-state index contributed by atoms with van der Waals surface area (Å²) in [4.78, 5) is 24.8. The smallest absolute Gasteiger partial charge is 0.251 e. The molecule has 0 spiro atoms. The Morgan fingerprint density at radius 2 is 1.96 bits per heavy atom. The van der Waals surface area contributed by atoms with Crippen molar-refractivity contribution in [3.63, 3.8) is 0 Å². The van der Waals surface area contributed by atoms with Crippen LogP contribution >= 0.6 is 0 Å². The van der Waals surface area contributed by atoms with E-state index < -0.39 is 6.04 Å². The number of amides is 2. The van der Waals surface area contributed by atoms with Gasteiger partial charge in [-0.15, -0.1) is 0 Å². The average Bonchev–Trinajstić information content (AvgIpc) is 3.12. The lowest BCUT2D eigenvalue weighted by molar-refractivity contribution is -0.123. The van der Waals surface area contributed by atoms with Crippen LogP contribution < -0.4 is 10.6 Å². The number of fused-ring (bicyclic) bond motifs is 1. The Morgan fingerprint density at radius 3 is 2.72 bits per heavy atom. The molecule has 3 aromatic rings. The number of nitrogens with one attached hydrogen (secondary N) is 3. The zero-order valence-corrected chi connectivity index (χ0v) is 14.0. The predicted octanol–water partition coefficient (Wildman–Crippen LogP) is 2.39. The molecule has 1 heterocycles. The minimum atomic E-state index is -0.573. The van der Waals surface area contributed by atoms with E-state index >= 15 is 0 Å². The number of carbonyl (C=O) groups is 2. The van der Waals surface area contributed by atoms with Crippen LogP contribution in [0.25, 0.3) is 10.9 Å². The van der Waals surface area contributed by atoms with E-state index in [1.807, 2.05) is 37.3 Å². The summed E-state index contributed by atoms with van der Waals surface area (Å²) in [5, 5.41) is 13.3. The van der Waals surface area contributed by atoms with Crippen molar-refractivity contribution >= 4 is 22.7 Å². The highest BCUT2D eigenvalue weighted by Crippen LogP contribution is 2.13. The van der Waals surface area contributed by atoms with Crippen LogP contribution in [0.1, 0.15) is 29.3 Å². The minimum Gasteiger partial charge on any atom is -0.350 e. The molecule has 0 bridgehead atoms. The lowest BCUT2D eigenvalue weighted by atomic mass is 10.1. The molecule has 0 radical (unpaired) electrons. The quantitative estimate of drug-likeness (QED) is 0.646. The van der Waals surface area contributed by atoms with E-state index in [4.69, 9.17) is 0 Å². The van der Waals surface area contributed by atoms with Gasteiger partial charge in [0.15, 0.2) is 0 Å². The summed E-state index contributed by atoms with van der Waals surface area (Å²) < 4.78 is 0. The number of aromatic nitrogens is 2. The standard InChI is InChI=1S/C19H20N4O2/c1-2-16(19(25)20-11-13-6-4-3-5-7-13)22-18(24)14-8-9-17-15(10-14)12-21-23-17/h3-10,12,16H,2,11H2,1H3,(H,20,25)(H,21,23)(H,22,24). The van der Waals surface area contributed by atoms with Crippen LogP contribution in [0.3, 0.4) is 0 Å². The Bertz CT molecular complexity index is 873. The third-order valence-corrected chi connectivity index (χ3v) is 4.04. The van der Waals surface area contributed by atoms with Gasteiger partial charge in [0.05, 0.1) is 11.7 Å². The minimum absolute atomic E-state index is 0.191. The first-order valence-corrected chi connectivity index (χ1v) is 8.23. The van der Waals surface area contributed by atoms with Gasteiger partial charge in [-0.3, -0.25) is 14.7 Å². The summed E-state index contributed by atoms with van der Waals surface area (Å²) in [7, 11) is 0. The predicted molar refractivity (Wildman–Crippen MR) is 95.9 cm³/mol. The molecule has 0 saturated heterocycles. The lowest BCUT2D eigenvalue weighted by Crippen LogP contribution is -2.46. The summed E-state index contributed by atoms with van der Waals surface area (Å²) in [5.74, 6) is -0.464. The van der Waals surface area contributed by atoms with Crippen LogP contribution in [-0.4, -0.2) is 28.1 Å². The molecular formula is C19H20N4O2. The van der Waals surface area contributed by atoms with Gasteiger partial charge in [0.2, 0.25) is 5.91 Å². The molecular weight excluding hydrogens is 316 g/mol. The van der Waals surface area contributed by atoms with Crippen molar-refractivity contribution in [3.05, 3.63) is 65.9 Å². The summed E-state index contributed by atoms with van der Waals surface area (Å²) in [6.45, 7) is 2.30. The molecule has 128 valence electrons. The third kappa shape index (κ3) is 4.03. The number of hydrogen-bond acceptors (Lipinski definition) is 3. The van der Waals surface area contributed by atoms with Crippen LogP contribution in [-0.2, 0) is 11.3 Å². The van der Waals surface area contributed by atoms with Crippen molar-refractivity contribution in [2.45, 2.75) is 25.9 Å². The Labute approximate surface area is 145 Å². The topological polar surface area (TPSA) is 86.9 Å². The molecule has 2 aromatic carbocycles. The van der Waals surface area contributed by atoms with Crippen molar-refractivity contribution < 1.29 is 9.59 Å². The van der Waals surface area contributed by atoms with Crippen molar-refractivity contribution in [2.24, 2.45) is 0 Å². The van der Waals surface area contributed by atoms with E-state index in [1.165, 1.54) is 0 Å². The number of aromatic amines is 1. The van der Waals surface area contributed by atoms with Crippen LogP contribution in [0.15, 0.2) is 54.7 Å². The zero-order valence-electron chi connectivity index (χ0n) is 14.0. The Hall–Kier alpha value is -3.15. The van der Waals surface area contributed by atoms with E-state index in [0.29, 0.717) is 18.5 Å². The van der Waals surface area contributed by atoms with Crippen molar-refractivity contribution in [1.29, 1.82) is 0 Å². The Morgan fingerprint density at radius 1 is 1.16 bits per heavy atom. The van der Waals surface area contributed by atoms with Crippen LogP contribution in [0, 0.1) is 0 Å². The largest absolute Gasteiger partial charge is 0.350 e. The van der Waals surface area contributed by atoms with Gasteiger partial charge < -0.3 is 10.6 Å². The first-order chi connectivity index (χ1) is 12.2. The molecule has 6 heteroatoms. The maximum atomic E-state index is 12.4. The van der Waals surface area contributed by atoms with E-state index in [2.05, 4.69) is 20.8 Å². The molecule has 25 heavy (non-hydrogen) atoms. The van der Waals surface area contributed by atoms with Crippen LogP contribution in [0.2, 0.25) is 0 Å². The third-order valence-electron chi connectivity index (χ3n) is 4.04. The van der Waals surface area contributed by atoms with Gasteiger partial charge in [-0.1, -0.05) is 37.3 Å².